The molecule has 0 unspecified atom stereocenters. The van der Waals surface area contributed by atoms with E-state index >= 15 is 0 Å². The molecule has 1 amide bonds. The minimum Gasteiger partial charge on any atom is -0.489 e. The molecule has 0 fully saturated rings. The molecule has 0 aliphatic heterocycles. The summed E-state index contributed by atoms with van der Waals surface area (Å²) in [5.74, 6) is -0.123. The number of carbonyl (C=O) groups excluding carboxylic acids is 1. The average molecular weight is 453 g/mol. The first-order valence-corrected chi connectivity index (χ1v) is 11.1. The van der Waals surface area contributed by atoms with Gasteiger partial charge in [0, 0.05) is 0 Å². The number of ether oxygens (including phenoxy) is 1. The molecular weight excluding hydrogens is 436 g/mol. The van der Waals surface area contributed by atoms with Crippen molar-refractivity contribution in [1.29, 1.82) is 0 Å². The number of sulfonamides is 1. The van der Waals surface area contributed by atoms with Gasteiger partial charge in [0.25, 0.3) is 20.3 Å². The Labute approximate surface area is 176 Å². The van der Waals surface area contributed by atoms with Crippen molar-refractivity contribution in [2.24, 2.45) is 0 Å². The third-order valence-electron chi connectivity index (χ3n) is 3.47. The monoisotopic (exact) mass is 452 g/mol. The highest BCUT2D eigenvalue weighted by molar-refractivity contribution is 7.94. The molecule has 0 aliphatic carbocycles. The van der Waals surface area contributed by atoms with E-state index in [1.54, 1.807) is 48.5 Å². The van der Waals surface area contributed by atoms with E-state index in [0.29, 0.717) is 5.75 Å². The van der Waals surface area contributed by atoms with Gasteiger partial charge in [0.2, 0.25) is 5.13 Å². The van der Waals surface area contributed by atoms with Crippen LogP contribution in [0.3, 0.4) is 0 Å². The quantitative estimate of drug-likeness (QED) is 0.523. The van der Waals surface area contributed by atoms with Crippen LogP contribution >= 0.6 is 22.9 Å². The molecule has 0 saturated heterocycles. The van der Waals surface area contributed by atoms with Gasteiger partial charge in [0.05, 0.1) is 22.4 Å². The third kappa shape index (κ3) is 5.22. The van der Waals surface area contributed by atoms with Crippen LogP contribution in [0.5, 0.6) is 5.75 Å². The van der Waals surface area contributed by atoms with Crippen molar-refractivity contribution >= 4 is 49.7 Å². The fourth-order valence-corrected chi connectivity index (χ4v) is 4.46. The number of nitrogens with one attached hydrogen (secondary N) is 2. The predicted molar refractivity (Wildman–Crippen MR) is 112 cm³/mol. The highest BCUT2D eigenvalue weighted by atomic mass is 35.5. The lowest BCUT2D eigenvalue weighted by atomic mass is 10.2. The van der Waals surface area contributed by atoms with Gasteiger partial charge in [-0.25, -0.2) is 0 Å². The maximum atomic E-state index is 12.7. The molecule has 0 saturated carbocycles. The summed E-state index contributed by atoms with van der Waals surface area (Å²) in [7, 11) is -4.02. The number of amides is 1. The second kappa shape index (κ2) is 8.76. The number of carbonyl (C=O) groups is 1. The van der Waals surface area contributed by atoms with E-state index < -0.39 is 15.9 Å². The minimum atomic E-state index is -4.02. The molecule has 0 aliphatic rings. The molecule has 1 aromatic heterocycles. The van der Waals surface area contributed by atoms with Crippen LogP contribution in [0, 0.1) is 0 Å². The topological polar surface area (TPSA) is 110 Å². The number of nitrogens with zero attached hydrogens (tertiary/aromatic N) is 2. The van der Waals surface area contributed by atoms with Crippen LogP contribution in [0.2, 0.25) is 5.02 Å². The number of aromatic nitrogens is 2. The van der Waals surface area contributed by atoms with E-state index in [9.17, 15) is 13.2 Å². The maximum Gasteiger partial charge on any atom is 0.291 e. The molecule has 152 valence electrons. The molecule has 3 aromatic rings. The highest BCUT2D eigenvalue weighted by Gasteiger charge is 2.23. The Morgan fingerprint density at radius 1 is 1.10 bits per heavy atom. The highest BCUT2D eigenvalue weighted by Crippen LogP contribution is 2.29. The zero-order valence-corrected chi connectivity index (χ0v) is 17.8. The summed E-state index contributed by atoms with van der Waals surface area (Å²) in [5.41, 5.74) is 0.518. The Bertz CT molecular complexity index is 1130. The van der Waals surface area contributed by atoms with Crippen LogP contribution in [0.25, 0.3) is 0 Å². The van der Waals surface area contributed by atoms with E-state index in [2.05, 4.69) is 20.2 Å². The van der Waals surface area contributed by atoms with E-state index in [4.69, 9.17) is 16.3 Å². The van der Waals surface area contributed by atoms with E-state index in [-0.39, 0.29) is 31.8 Å². The first-order chi connectivity index (χ1) is 13.8. The Morgan fingerprint density at radius 2 is 1.79 bits per heavy atom. The van der Waals surface area contributed by atoms with Gasteiger partial charge in [-0.2, -0.15) is 8.42 Å². The minimum absolute atomic E-state index is 0.0296. The predicted octanol–water partition coefficient (Wildman–Crippen LogP) is 4.03. The Morgan fingerprint density at radius 3 is 2.52 bits per heavy atom. The van der Waals surface area contributed by atoms with E-state index in [1.807, 2.05) is 13.8 Å². The molecule has 29 heavy (non-hydrogen) atoms. The lowest BCUT2D eigenvalue weighted by Gasteiger charge is -2.14. The molecule has 2 N–H and O–H groups in total. The Hall–Kier alpha value is -2.69. The van der Waals surface area contributed by atoms with Crippen LogP contribution in [0.15, 0.2) is 52.9 Å². The number of anilines is 2. The maximum absolute atomic E-state index is 12.7. The molecule has 0 radical (unpaired) electrons. The molecule has 0 atom stereocenters. The summed E-state index contributed by atoms with van der Waals surface area (Å²) >= 11 is 6.71. The van der Waals surface area contributed by atoms with E-state index in [0.717, 1.165) is 11.3 Å². The molecular formula is C18H17ClN4O4S2. The van der Waals surface area contributed by atoms with Gasteiger partial charge in [-0.3, -0.25) is 14.8 Å². The zero-order valence-electron chi connectivity index (χ0n) is 15.4. The first kappa shape index (κ1) is 21.0. The lowest BCUT2D eigenvalue weighted by Crippen LogP contribution is -2.15. The van der Waals surface area contributed by atoms with Gasteiger partial charge < -0.3 is 4.74 Å². The Kier molecular flexibility index (Phi) is 6.36. The number of para-hydroxylation sites is 2. The van der Waals surface area contributed by atoms with Crippen LogP contribution in [0.4, 0.5) is 10.8 Å². The summed E-state index contributed by atoms with van der Waals surface area (Å²) < 4.78 is 33.1. The molecule has 2 aromatic carbocycles. The number of hydrogen-bond donors (Lipinski definition) is 2. The smallest absolute Gasteiger partial charge is 0.291 e. The molecule has 8 nitrogen and oxygen atoms in total. The van der Waals surface area contributed by atoms with Crippen molar-refractivity contribution in [2.75, 3.05) is 10.0 Å². The number of halogens is 1. The second-order valence-corrected chi connectivity index (χ2v) is 9.32. The number of rotatable bonds is 7. The second-order valence-electron chi connectivity index (χ2n) is 6.08. The molecule has 11 heteroatoms. The van der Waals surface area contributed by atoms with Crippen molar-refractivity contribution < 1.29 is 17.9 Å². The van der Waals surface area contributed by atoms with Crippen molar-refractivity contribution in [1.82, 2.24) is 10.2 Å². The zero-order chi connectivity index (χ0) is 21.0. The van der Waals surface area contributed by atoms with Crippen LogP contribution < -0.4 is 14.8 Å². The summed E-state index contributed by atoms with van der Waals surface area (Å²) in [4.78, 5) is 12.3. The molecule has 0 bridgehead atoms. The number of benzene rings is 2. The van der Waals surface area contributed by atoms with Crippen LogP contribution in [0.1, 0.15) is 24.2 Å². The van der Waals surface area contributed by atoms with Gasteiger partial charge in [0.1, 0.15) is 5.75 Å². The first-order valence-electron chi connectivity index (χ1n) is 8.44. The van der Waals surface area contributed by atoms with Crippen molar-refractivity contribution in [3.05, 3.63) is 59.1 Å². The van der Waals surface area contributed by atoms with Gasteiger partial charge >= 0.3 is 0 Å². The van der Waals surface area contributed by atoms with Crippen molar-refractivity contribution in [3.8, 4) is 5.75 Å². The summed E-state index contributed by atoms with van der Waals surface area (Å²) in [6, 6.07) is 13.1. The standard InChI is InChI=1S/C18H17ClN4O4S2/c1-11(2)27-15-10-6-5-9-14(15)23-29(25,26)18-22-21-17(28-18)20-16(24)12-7-3-4-8-13(12)19/h3-11,23H,1-2H3,(H,20,21,24). The SMILES string of the molecule is CC(C)Oc1ccccc1NS(=O)(=O)c1nnc(NC(=O)c2ccccc2Cl)s1. The largest absolute Gasteiger partial charge is 0.489 e. The number of hydrogen-bond acceptors (Lipinski definition) is 7. The molecule has 1 heterocycles. The third-order valence-corrected chi connectivity index (χ3v) is 6.37. The molecule has 0 spiro atoms. The molecule has 3 rings (SSSR count). The fourth-order valence-electron chi connectivity index (χ4n) is 2.27. The van der Waals surface area contributed by atoms with Gasteiger partial charge in [0.15, 0.2) is 0 Å². The van der Waals surface area contributed by atoms with Crippen molar-refractivity contribution in [3.63, 3.8) is 0 Å². The summed E-state index contributed by atoms with van der Waals surface area (Å²) in [5, 5.41) is 10.2. The van der Waals surface area contributed by atoms with Gasteiger partial charge in [-0.05, 0) is 38.1 Å². The lowest BCUT2D eigenvalue weighted by molar-refractivity contribution is 0.102. The normalized spacial score (nSPS) is 11.3. The van der Waals surface area contributed by atoms with Gasteiger partial charge in [-0.1, -0.05) is 47.2 Å². The van der Waals surface area contributed by atoms with E-state index in [1.165, 1.54) is 0 Å². The van der Waals surface area contributed by atoms with Crippen LogP contribution in [-0.4, -0.2) is 30.6 Å². The Balaban J connectivity index is 1.78. The summed E-state index contributed by atoms with van der Waals surface area (Å²) in [6.07, 6.45) is -0.131. The van der Waals surface area contributed by atoms with Crippen molar-refractivity contribution in [2.45, 2.75) is 24.3 Å². The van der Waals surface area contributed by atoms with Gasteiger partial charge in [-0.15, -0.1) is 10.2 Å². The van der Waals surface area contributed by atoms with Crippen LogP contribution in [-0.2, 0) is 10.0 Å². The fraction of sp³-hybridized carbons (Fsp3) is 0.167. The summed E-state index contributed by atoms with van der Waals surface area (Å²) in [6.45, 7) is 3.67. The average Bonchev–Trinajstić information content (AvgIpc) is 3.12.